The summed E-state index contributed by atoms with van der Waals surface area (Å²) in [5.41, 5.74) is 2.55. The predicted molar refractivity (Wildman–Crippen MR) is 69.6 cm³/mol. The monoisotopic (exact) mass is 250 g/mol. The van der Waals surface area contributed by atoms with Crippen molar-refractivity contribution in [1.29, 1.82) is 0 Å². The molecule has 1 aromatic heterocycles. The Hall–Kier alpha value is -1.26. The highest BCUT2D eigenvalue weighted by Crippen LogP contribution is 2.23. The van der Waals surface area contributed by atoms with Crippen molar-refractivity contribution < 1.29 is 4.39 Å². The van der Waals surface area contributed by atoms with Gasteiger partial charge >= 0.3 is 0 Å². The summed E-state index contributed by atoms with van der Waals surface area (Å²) in [6, 6.07) is 5.10. The zero-order valence-electron chi connectivity index (χ0n) is 9.96. The molecule has 0 saturated heterocycles. The zero-order chi connectivity index (χ0) is 12.3. The number of hydrogen-bond acceptors (Lipinski definition) is 3. The van der Waals surface area contributed by atoms with Gasteiger partial charge in [-0.3, -0.25) is 0 Å². The lowest BCUT2D eigenvalue weighted by atomic mass is 10.1. The zero-order valence-corrected chi connectivity index (χ0v) is 10.8. The molecule has 0 bridgehead atoms. The first-order valence-electron chi connectivity index (χ1n) is 5.62. The van der Waals surface area contributed by atoms with Crippen molar-refractivity contribution in [1.82, 2.24) is 10.3 Å². The maximum absolute atomic E-state index is 13.2. The number of nitrogens with zero attached hydrogens (tertiary/aromatic N) is 1. The summed E-state index contributed by atoms with van der Waals surface area (Å²) in [7, 11) is 0. The average molecular weight is 250 g/mol. The van der Waals surface area contributed by atoms with Crippen LogP contribution < -0.4 is 5.32 Å². The lowest BCUT2D eigenvalue weighted by molar-refractivity contribution is 0.619. The van der Waals surface area contributed by atoms with E-state index >= 15 is 0 Å². The molecule has 2 nitrogen and oxygen atoms in total. The van der Waals surface area contributed by atoms with E-state index in [4.69, 9.17) is 0 Å². The highest BCUT2D eigenvalue weighted by molar-refractivity contribution is 7.09. The van der Waals surface area contributed by atoms with Crippen LogP contribution in [0.4, 0.5) is 4.39 Å². The molecule has 0 aliphatic carbocycles. The maximum atomic E-state index is 13.2. The summed E-state index contributed by atoms with van der Waals surface area (Å²) >= 11 is 1.63. The lowest BCUT2D eigenvalue weighted by Gasteiger charge is -2.00. The van der Waals surface area contributed by atoms with Gasteiger partial charge in [-0.2, -0.15) is 0 Å². The van der Waals surface area contributed by atoms with Crippen LogP contribution in [0.1, 0.15) is 17.5 Å². The Bertz CT molecular complexity index is 508. The van der Waals surface area contributed by atoms with Crippen LogP contribution in [0.3, 0.4) is 0 Å². The van der Waals surface area contributed by atoms with E-state index in [2.05, 4.69) is 17.2 Å². The topological polar surface area (TPSA) is 24.9 Å². The van der Waals surface area contributed by atoms with Crippen LogP contribution in [-0.4, -0.2) is 11.5 Å². The van der Waals surface area contributed by atoms with Crippen LogP contribution in [0.15, 0.2) is 23.6 Å². The Morgan fingerprint density at radius 2 is 2.24 bits per heavy atom. The van der Waals surface area contributed by atoms with Crippen molar-refractivity contribution in [2.24, 2.45) is 0 Å². The molecule has 1 heterocycles. The van der Waals surface area contributed by atoms with Gasteiger partial charge in [0.1, 0.15) is 10.8 Å². The standard InChI is InChI=1S/C13H15FN2S/c1-3-15-7-13-16-12(8-17-13)10-4-5-11(14)9(2)6-10/h4-6,8,15H,3,7H2,1-2H3. The van der Waals surface area contributed by atoms with Gasteiger partial charge in [0.2, 0.25) is 0 Å². The van der Waals surface area contributed by atoms with E-state index in [1.54, 1.807) is 24.3 Å². The number of aromatic nitrogens is 1. The van der Waals surface area contributed by atoms with Crippen molar-refractivity contribution in [3.63, 3.8) is 0 Å². The molecule has 0 aliphatic rings. The number of halogens is 1. The third kappa shape index (κ3) is 2.90. The second-order valence-corrected chi connectivity index (χ2v) is 4.81. The Kier molecular flexibility index (Phi) is 3.86. The van der Waals surface area contributed by atoms with Gasteiger partial charge in [0.15, 0.2) is 0 Å². The summed E-state index contributed by atoms with van der Waals surface area (Å²) in [5.74, 6) is -0.170. The van der Waals surface area contributed by atoms with E-state index in [-0.39, 0.29) is 5.82 Å². The number of hydrogen-bond donors (Lipinski definition) is 1. The molecular weight excluding hydrogens is 235 g/mol. The van der Waals surface area contributed by atoms with Crippen molar-refractivity contribution in [3.8, 4) is 11.3 Å². The van der Waals surface area contributed by atoms with Gasteiger partial charge in [-0.15, -0.1) is 11.3 Å². The Labute approximate surface area is 105 Å². The maximum Gasteiger partial charge on any atom is 0.126 e. The minimum atomic E-state index is -0.170. The summed E-state index contributed by atoms with van der Waals surface area (Å²) in [6.45, 7) is 5.56. The van der Waals surface area contributed by atoms with Gasteiger partial charge in [0.05, 0.1) is 5.69 Å². The number of thiazole rings is 1. The van der Waals surface area contributed by atoms with Crippen LogP contribution >= 0.6 is 11.3 Å². The van der Waals surface area contributed by atoms with Crippen LogP contribution in [0.2, 0.25) is 0 Å². The minimum absolute atomic E-state index is 0.170. The van der Waals surface area contributed by atoms with Gasteiger partial charge in [-0.25, -0.2) is 9.37 Å². The van der Waals surface area contributed by atoms with Gasteiger partial charge < -0.3 is 5.32 Å². The van der Waals surface area contributed by atoms with E-state index < -0.39 is 0 Å². The predicted octanol–water partition coefficient (Wildman–Crippen LogP) is 3.37. The van der Waals surface area contributed by atoms with Gasteiger partial charge in [-0.1, -0.05) is 6.92 Å². The van der Waals surface area contributed by atoms with E-state index in [9.17, 15) is 4.39 Å². The fourth-order valence-electron chi connectivity index (χ4n) is 1.56. The summed E-state index contributed by atoms with van der Waals surface area (Å²) in [4.78, 5) is 4.52. The first kappa shape index (κ1) is 12.2. The number of benzene rings is 1. The first-order chi connectivity index (χ1) is 8.20. The number of nitrogens with one attached hydrogen (secondary N) is 1. The first-order valence-corrected chi connectivity index (χ1v) is 6.50. The van der Waals surface area contributed by atoms with Gasteiger partial charge in [0, 0.05) is 17.5 Å². The van der Waals surface area contributed by atoms with E-state index in [1.807, 2.05) is 11.4 Å². The Balaban J connectivity index is 2.21. The molecule has 0 spiro atoms. The molecule has 2 aromatic rings. The summed E-state index contributed by atoms with van der Waals surface area (Å²) < 4.78 is 13.2. The molecule has 0 fully saturated rings. The summed E-state index contributed by atoms with van der Waals surface area (Å²) in [5, 5.41) is 6.31. The van der Waals surface area contributed by atoms with E-state index in [1.165, 1.54) is 6.07 Å². The smallest absolute Gasteiger partial charge is 0.126 e. The number of aryl methyl sites for hydroxylation is 1. The molecule has 17 heavy (non-hydrogen) atoms. The van der Waals surface area contributed by atoms with Crippen molar-refractivity contribution in [2.45, 2.75) is 20.4 Å². The summed E-state index contributed by atoms with van der Waals surface area (Å²) in [6.07, 6.45) is 0. The van der Waals surface area contributed by atoms with Gasteiger partial charge in [0.25, 0.3) is 0 Å². The average Bonchev–Trinajstić information content (AvgIpc) is 2.79. The fourth-order valence-corrected chi connectivity index (χ4v) is 2.33. The van der Waals surface area contributed by atoms with Crippen LogP contribution in [0, 0.1) is 12.7 Å². The Morgan fingerprint density at radius 1 is 1.41 bits per heavy atom. The molecule has 0 unspecified atom stereocenters. The van der Waals surface area contributed by atoms with Crippen LogP contribution in [-0.2, 0) is 6.54 Å². The SMILES string of the molecule is CCNCc1nc(-c2ccc(F)c(C)c2)cs1. The Morgan fingerprint density at radius 3 is 2.94 bits per heavy atom. The second-order valence-electron chi connectivity index (χ2n) is 3.87. The molecule has 0 radical (unpaired) electrons. The molecule has 0 atom stereocenters. The molecule has 90 valence electrons. The fraction of sp³-hybridized carbons (Fsp3) is 0.308. The second kappa shape index (κ2) is 5.38. The normalized spacial score (nSPS) is 10.8. The molecule has 1 N–H and O–H groups in total. The third-order valence-electron chi connectivity index (χ3n) is 2.53. The highest BCUT2D eigenvalue weighted by Gasteiger charge is 2.06. The molecule has 2 rings (SSSR count). The quantitative estimate of drug-likeness (QED) is 0.900. The van der Waals surface area contributed by atoms with Crippen molar-refractivity contribution in [2.75, 3.05) is 6.54 Å². The molecule has 0 saturated carbocycles. The van der Waals surface area contributed by atoms with E-state index in [0.29, 0.717) is 5.56 Å². The van der Waals surface area contributed by atoms with Crippen LogP contribution in [0.5, 0.6) is 0 Å². The largest absolute Gasteiger partial charge is 0.311 e. The van der Waals surface area contributed by atoms with Gasteiger partial charge in [-0.05, 0) is 37.2 Å². The molecular formula is C13H15FN2S. The third-order valence-corrected chi connectivity index (χ3v) is 3.38. The molecule has 4 heteroatoms. The lowest BCUT2D eigenvalue weighted by Crippen LogP contribution is -2.11. The van der Waals surface area contributed by atoms with Crippen molar-refractivity contribution >= 4 is 11.3 Å². The molecule has 0 amide bonds. The van der Waals surface area contributed by atoms with E-state index in [0.717, 1.165) is 29.4 Å². The minimum Gasteiger partial charge on any atom is -0.311 e. The molecule has 1 aromatic carbocycles. The highest BCUT2D eigenvalue weighted by atomic mass is 32.1. The molecule has 0 aliphatic heterocycles. The van der Waals surface area contributed by atoms with Crippen LogP contribution in [0.25, 0.3) is 11.3 Å². The van der Waals surface area contributed by atoms with Crippen molar-refractivity contribution in [3.05, 3.63) is 40.0 Å². The number of rotatable bonds is 4.